The van der Waals surface area contributed by atoms with Gasteiger partial charge in [0.2, 0.25) is 0 Å². The van der Waals surface area contributed by atoms with Gasteiger partial charge in [-0.2, -0.15) is 11.8 Å². The molecular formula is C13H16ClNO2S. The number of carbonyl (C=O) groups is 1. The van der Waals surface area contributed by atoms with Gasteiger partial charge in [-0.05, 0) is 24.6 Å². The van der Waals surface area contributed by atoms with Gasteiger partial charge < -0.3 is 10.0 Å². The van der Waals surface area contributed by atoms with Crippen LogP contribution in [0.2, 0.25) is 5.02 Å². The standard InChI is InChI=1S/C13H16ClNO2S/c1-2-10-8-15(5-6-18-10)13(17)11-4-3-9(14)7-12(11)16/h3-4,7,10,16H,2,5-6,8H2,1H3. The smallest absolute Gasteiger partial charge is 0.257 e. The van der Waals surface area contributed by atoms with Gasteiger partial charge in [-0.1, -0.05) is 18.5 Å². The molecule has 98 valence electrons. The summed E-state index contributed by atoms with van der Waals surface area (Å²) in [5.74, 6) is 0.806. The Balaban J connectivity index is 2.15. The Bertz CT molecular complexity index is 453. The van der Waals surface area contributed by atoms with Gasteiger partial charge in [0.25, 0.3) is 5.91 Å². The number of benzene rings is 1. The minimum atomic E-state index is -0.108. The number of hydrogen-bond acceptors (Lipinski definition) is 3. The first-order chi connectivity index (χ1) is 8.61. The van der Waals surface area contributed by atoms with Crippen molar-refractivity contribution < 1.29 is 9.90 Å². The number of aromatic hydroxyl groups is 1. The maximum Gasteiger partial charge on any atom is 0.257 e. The second-order valence-corrected chi connectivity index (χ2v) is 6.16. The van der Waals surface area contributed by atoms with E-state index in [1.807, 2.05) is 16.7 Å². The van der Waals surface area contributed by atoms with Crippen molar-refractivity contribution in [3.05, 3.63) is 28.8 Å². The van der Waals surface area contributed by atoms with Gasteiger partial charge >= 0.3 is 0 Å². The molecule has 1 fully saturated rings. The normalized spacial score (nSPS) is 19.9. The molecule has 3 nitrogen and oxygen atoms in total. The molecule has 1 N–H and O–H groups in total. The van der Waals surface area contributed by atoms with Crippen molar-refractivity contribution in [1.82, 2.24) is 4.90 Å². The van der Waals surface area contributed by atoms with Crippen LogP contribution in [0.4, 0.5) is 0 Å². The molecular weight excluding hydrogens is 270 g/mol. The molecule has 0 spiro atoms. The number of hydrogen-bond donors (Lipinski definition) is 1. The van der Waals surface area contributed by atoms with Crippen molar-refractivity contribution >= 4 is 29.3 Å². The highest BCUT2D eigenvalue weighted by Gasteiger charge is 2.25. The molecule has 0 aliphatic carbocycles. The molecule has 1 unspecified atom stereocenters. The van der Waals surface area contributed by atoms with Crippen LogP contribution in [0, 0.1) is 0 Å². The van der Waals surface area contributed by atoms with Crippen LogP contribution >= 0.6 is 23.4 Å². The molecule has 18 heavy (non-hydrogen) atoms. The number of thioether (sulfide) groups is 1. The van der Waals surface area contributed by atoms with Gasteiger partial charge in [-0.3, -0.25) is 4.79 Å². The highest BCUT2D eigenvalue weighted by Crippen LogP contribution is 2.26. The fourth-order valence-electron chi connectivity index (χ4n) is 2.01. The summed E-state index contributed by atoms with van der Waals surface area (Å²) in [5.41, 5.74) is 0.334. The summed E-state index contributed by atoms with van der Waals surface area (Å²) in [4.78, 5) is 14.1. The molecule has 1 aromatic carbocycles. The van der Waals surface area contributed by atoms with Gasteiger partial charge in [0.1, 0.15) is 5.75 Å². The summed E-state index contributed by atoms with van der Waals surface area (Å²) < 4.78 is 0. The van der Waals surface area contributed by atoms with E-state index in [9.17, 15) is 9.90 Å². The van der Waals surface area contributed by atoms with E-state index < -0.39 is 0 Å². The monoisotopic (exact) mass is 285 g/mol. The first-order valence-electron chi connectivity index (χ1n) is 6.01. The van der Waals surface area contributed by atoms with Crippen LogP contribution in [-0.2, 0) is 0 Å². The lowest BCUT2D eigenvalue weighted by molar-refractivity contribution is 0.0758. The minimum Gasteiger partial charge on any atom is -0.507 e. The quantitative estimate of drug-likeness (QED) is 0.908. The molecule has 0 aromatic heterocycles. The summed E-state index contributed by atoms with van der Waals surface area (Å²) in [5, 5.41) is 10.7. The highest BCUT2D eigenvalue weighted by molar-refractivity contribution is 8.00. The van der Waals surface area contributed by atoms with Gasteiger partial charge in [-0.15, -0.1) is 0 Å². The molecule has 2 rings (SSSR count). The lowest BCUT2D eigenvalue weighted by atomic mass is 10.1. The van der Waals surface area contributed by atoms with Gasteiger partial charge in [0.15, 0.2) is 0 Å². The molecule has 1 heterocycles. The van der Waals surface area contributed by atoms with E-state index in [-0.39, 0.29) is 11.7 Å². The third kappa shape index (κ3) is 2.93. The predicted molar refractivity (Wildman–Crippen MR) is 75.6 cm³/mol. The molecule has 1 aromatic rings. The summed E-state index contributed by atoms with van der Waals surface area (Å²) in [6.45, 7) is 3.62. The van der Waals surface area contributed by atoms with Crippen LogP contribution < -0.4 is 0 Å². The van der Waals surface area contributed by atoms with Gasteiger partial charge in [0.05, 0.1) is 5.56 Å². The second-order valence-electron chi connectivity index (χ2n) is 4.31. The first-order valence-corrected chi connectivity index (χ1v) is 7.44. The van der Waals surface area contributed by atoms with E-state index in [0.717, 1.165) is 25.3 Å². The Morgan fingerprint density at radius 3 is 3.06 bits per heavy atom. The molecule has 1 aliphatic rings. The Morgan fingerprint density at radius 1 is 1.61 bits per heavy atom. The Hall–Kier alpha value is -0.870. The van der Waals surface area contributed by atoms with E-state index in [1.165, 1.54) is 6.07 Å². The first kappa shape index (κ1) is 13.6. The number of carbonyl (C=O) groups excluding carboxylic acids is 1. The van der Waals surface area contributed by atoms with E-state index >= 15 is 0 Å². The highest BCUT2D eigenvalue weighted by atomic mass is 35.5. The lowest BCUT2D eigenvalue weighted by Gasteiger charge is -2.32. The van der Waals surface area contributed by atoms with Crippen LogP contribution in [0.1, 0.15) is 23.7 Å². The fourth-order valence-corrected chi connectivity index (χ4v) is 3.35. The predicted octanol–water partition coefficient (Wildman–Crippen LogP) is 3.01. The van der Waals surface area contributed by atoms with Crippen molar-refractivity contribution in [2.24, 2.45) is 0 Å². The van der Waals surface area contributed by atoms with Crippen molar-refractivity contribution in [2.75, 3.05) is 18.8 Å². The maximum absolute atomic E-state index is 12.3. The molecule has 1 saturated heterocycles. The average molecular weight is 286 g/mol. The molecule has 0 bridgehead atoms. The summed E-state index contributed by atoms with van der Waals surface area (Å²) in [7, 11) is 0. The Morgan fingerprint density at radius 2 is 2.39 bits per heavy atom. The van der Waals surface area contributed by atoms with Crippen molar-refractivity contribution in [3.63, 3.8) is 0 Å². The van der Waals surface area contributed by atoms with Crippen LogP contribution in [0.3, 0.4) is 0 Å². The van der Waals surface area contributed by atoms with Crippen LogP contribution in [0.25, 0.3) is 0 Å². The largest absolute Gasteiger partial charge is 0.507 e. The Kier molecular flexibility index (Phi) is 4.40. The summed E-state index contributed by atoms with van der Waals surface area (Å²) in [6, 6.07) is 4.62. The maximum atomic E-state index is 12.3. The third-order valence-electron chi connectivity index (χ3n) is 3.07. The van der Waals surface area contributed by atoms with Gasteiger partial charge in [0, 0.05) is 29.1 Å². The third-order valence-corrected chi connectivity index (χ3v) is 4.68. The van der Waals surface area contributed by atoms with Gasteiger partial charge in [-0.25, -0.2) is 0 Å². The SMILES string of the molecule is CCC1CN(C(=O)c2ccc(Cl)cc2O)CCS1. The molecule has 0 saturated carbocycles. The number of rotatable bonds is 2. The van der Waals surface area contributed by atoms with Crippen LogP contribution in [0.15, 0.2) is 18.2 Å². The number of phenolic OH excluding ortho intramolecular Hbond substituents is 1. The number of halogens is 1. The zero-order chi connectivity index (χ0) is 13.1. The van der Waals surface area contributed by atoms with Crippen LogP contribution in [0.5, 0.6) is 5.75 Å². The second kappa shape index (κ2) is 5.85. The molecule has 1 atom stereocenters. The van der Waals surface area contributed by atoms with E-state index in [4.69, 9.17) is 11.6 Å². The van der Waals surface area contributed by atoms with E-state index in [2.05, 4.69) is 6.92 Å². The van der Waals surface area contributed by atoms with Crippen molar-refractivity contribution in [2.45, 2.75) is 18.6 Å². The lowest BCUT2D eigenvalue weighted by Crippen LogP contribution is -2.41. The molecule has 0 radical (unpaired) electrons. The molecule has 1 amide bonds. The Labute approximate surface area is 116 Å². The van der Waals surface area contributed by atoms with E-state index in [1.54, 1.807) is 12.1 Å². The summed E-state index contributed by atoms with van der Waals surface area (Å²) >= 11 is 7.67. The van der Waals surface area contributed by atoms with Crippen LogP contribution in [-0.4, -0.2) is 40.0 Å². The molecule has 5 heteroatoms. The van der Waals surface area contributed by atoms with Crippen molar-refractivity contribution in [1.29, 1.82) is 0 Å². The number of amides is 1. The topological polar surface area (TPSA) is 40.5 Å². The zero-order valence-electron chi connectivity index (χ0n) is 10.2. The number of nitrogens with zero attached hydrogens (tertiary/aromatic N) is 1. The van der Waals surface area contributed by atoms with E-state index in [0.29, 0.717) is 15.8 Å². The van der Waals surface area contributed by atoms with Crippen molar-refractivity contribution in [3.8, 4) is 5.75 Å². The molecule has 1 aliphatic heterocycles. The number of phenols is 1. The average Bonchev–Trinajstić information content (AvgIpc) is 2.38. The summed E-state index contributed by atoms with van der Waals surface area (Å²) in [6.07, 6.45) is 1.06. The fraction of sp³-hybridized carbons (Fsp3) is 0.462. The minimum absolute atomic E-state index is 0.0428. The zero-order valence-corrected chi connectivity index (χ0v) is 11.8.